The van der Waals surface area contributed by atoms with Gasteiger partial charge in [0, 0.05) is 24.3 Å². The Hall–Kier alpha value is -1.51. The van der Waals surface area contributed by atoms with Crippen molar-refractivity contribution < 1.29 is 5.21 Å². The lowest BCUT2D eigenvalue weighted by Crippen LogP contribution is -2.25. The molecule has 0 aromatic heterocycles. The molecule has 1 N–H and O–H groups in total. The van der Waals surface area contributed by atoms with Crippen molar-refractivity contribution in [3.63, 3.8) is 0 Å². The predicted octanol–water partition coefficient (Wildman–Crippen LogP) is 4.44. The molecule has 0 fully saturated rings. The van der Waals surface area contributed by atoms with E-state index in [1.807, 2.05) is 6.07 Å². The first-order valence-electron chi connectivity index (χ1n) is 7.92. The average molecular weight is 274 g/mol. The number of hydrogen-bond donors (Lipinski definition) is 1. The molecule has 0 radical (unpaired) electrons. The average Bonchev–Trinajstić information content (AvgIpc) is 2.66. The number of nitrogens with zero attached hydrogens (tertiary/aromatic N) is 2. The summed E-state index contributed by atoms with van der Waals surface area (Å²) in [4.78, 5) is 2.46. The van der Waals surface area contributed by atoms with Crippen LogP contribution >= 0.6 is 0 Å². The van der Waals surface area contributed by atoms with Crippen molar-refractivity contribution in [3.05, 3.63) is 29.8 Å². The quantitative estimate of drug-likeness (QED) is 0.473. The highest BCUT2D eigenvalue weighted by Crippen LogP contribution is 2.27. The van der Waals surface area contributed by atoms with Crippen LogP contribution in [0.5, 0.6) is 0 Å². The zero-order chi connectivity index (χ0) is 14.2. The molecule has 0 atom stereocenters. The second-order valence-corrected chi connectivity index (χ2v) is 5.57. The van der Waals surface area contributed by atoms with Crippen molar-refractivity contribution in [3.8, 4) is 0 Å². The van der Waals surface area contributed by atoms with E-state index in [0.29, 0.717) is 0 Å². The van der Waals surface area contributed by atoms with Crippen LogP contribution in [-0.4, -0.2) is 24.0 Å². The Kier molecular flexibility index (Phi) is 5.90. The lowest BCUT2D eigenvalue weighted by atomic mass is 10.1. The Morgan fingerprint density at radius 1 is 1.15 bits per heavy atom. The summed E-state index contributed by atoms with van der Waals surface area (Å²) in [5.74, 6) is 0. The molecular formula is C17H26N2O. The van der Waals surface area contributed by atoms with Gasteiger partial charge in [0.25, 0.3) is 0 Å². The van der Waals surface area contributed by atoms with Gasteiger partial charge in [-0.2, -0.15) is 0 Å². The molecular weight excluding hydrogens is 248 g/mol. The van der Waals surface area contributed by atoms with Crippen LogP contribution < -0.4 is 4.90 Å². The van der Waals surface area contributed by atoms with Crippen molar-refractivity contribution in [2.45, 2.75) is 51.9 Å². The Balaban J connectivity index is 2.02. The van der Waals surface area contributed by atoms with Gasteiger partial charge >= 0.3 is 0 Å². The minimum Gasteiger partial charge on any atom is -0.411 e. The van der Waals surface area contributed by atoms with E-state index in [0.717, 1.165) is 37.2 Å². The molecule has 1 aromatic carbocycles. The fourth-order valence-electron chi connectivity index (χ4n) is 2.93. The van der Waals surface area contributed by atoms with E-state index in [4.69, 9.17) is 0 Å². The summed E-state index contributed by atoms with van der Waals surface area (Å²) in [7, 11) is 0. The maximum absolute atomic E-state index is 9.19. The number of oxime groups is 1. The second-order valence-electron chi connectivity index (χ2n) is 5.57. The van der Waals surface area contributed by atoms with E-state index in [1.54, 1.807) is 0 Å². The standard InChI is InChI=1S/C17H26N2O/c1-2-3-4-5-8-13-19-14-9-11-16(18-20)15-10-6-7-12-17(15)19/h6-7,10,12,20H,2-5,8-9,11,13-14H2,1H3/b18-16-. The Bertz CT molecular complexity index is 442. The van der Waals surface area contributed by atoms with Crippen LogP contribution in [0.25, 0.3) is 0 Å². The number of rotatable bonds is 6. The van der Waals surface area contributed by atoms with Crippen LogP contribution in [0.15, 0.2) is 29.4 Å². The maximum Gasteiger partial charge on any atom is 0.0889 e. The van der Waals surface area contributed by atoms with E-state index >= 15 is 0 Å². The molecule has 0 aliphatic carbocycles. The van der Waals surface area contributed by atoms with Gasteiger partial charge in [-0.3, -0.25) is 0 Å². The van der Waals surface area contributed by atoms with Crippen molar-refractivity contribution in [2.75, 3.05) is 18.0 Å². The highest BCUT2D eigenvalue weighted by molar-refractivity contribution is 6.05. The van der Waals surface area contributed by atoms with E-state index in [9.17, 15) is 5.21 Å². The fourth-order valence-corrected chi connectivity index (χ4v) is 2.93. The summed E-state index contributed by atoms with van der Waals surface area (Å²) in [5.41, 5.74) is 3.16. The third kappa shape index (κ3) is 3.75. The first kappa shape index (κ1) is 14.9. The van der Waals surface area contributed by atoms with E-state index in [1.165, 1.54) is 37.8 Å². The third-order valence-electron chi connectivity index (χ3n) is 4.05. The summed E-state index contributed by atoms with van der Waals surface area (Å²) in [6, 6.07) is 8.32. The summed E-state index contributed by atoms with van der Waals surface area (Å²) in [6.45, 7) is 4.42. The lowest BCUT2D eigenvalue weighted by Gasteiger charge is -2.24. The van der Waals surface area contributed by atoms with E-state index in [-0.39, 0.29) is 0 Å². The van der Waals surface area contributed by atoms with Gasteiger partial charge in [0.05, 0.1) is 5.71 Å². The van der Waals surface area contributed by atoms with Gasteiger partial charge in [0.15, 0.2) is 0 Å². The molecule has 0 saturated carbocycles. The molecule has 0 amide bonds. The van der Waals surface area contributed by atoms with Gasteiger partial charge in [-0.25, -0.2) is 0 Å². The molecule has 0 saturated heterocycles. The maximum atomic E-state index is 9.19. The predicted molar refractivity (Wildman–Crippen MR) is 85.0 cm³/mol. The number of anilines is 1. The fraction of sp³-hybridized carbons (Fsp3) is 0.588. The van der Waals surface area contributed by atoms with Crippen LogP contribution in [0.2, 0.25) is 0 Å². The summed E-state index contributed by atoms with van der Waals surface area (Å²) < 4.78 is 0. The van der Waals surface area contributed by atoms with Crippen molar-refractivity contribution in [1.82, 2.24) is 0 Å². The van der Waals surface area contributed by atoms with Crippen LogP contribution in [0.1, 0.15) is 57.4 Å². The summed E-state index contributed by atoms with van der Waals surface area (Å²) in [5, 5.41) is 12.7. The van der Waals surface area contributed by atoms with Crippen molar-refractivity contribution in [1.29, 1.82) is 0 Å². The molecule has 3 heteroatoms. The van der Waals surface area contributed by atoms with Gasteiger partial charge in [-0.05, 0) is 25.3 Å². The normalized spacial score (nSPS) is 17.1. The van der Waals surface area contributed by atoms with Crippen LogP contribution in [0.4, 0.5) is 5.69 Å². The van der Waals surface area contributed by atoms with Crippen molar-refractivity contribution in [2.24, 2.45) is 5.16 Å². The minimum atomic E-state index is 0.828. The molecule has 110 valence electrons. The molecule has 1 aromatic rings. The van der Waals surface area contributed by atoms with Gasteiger partial charge in [0.1, 0.15) is 0 Å². The highest BCUT2D eigenvalue weighted by Gasteiger charge is 2.18. The lowest BCUT2D eigenvalue weighted by molar-refractivity contribution is 0.318. The SMILES string of the molecule is CCCCCCCN1CCC/C(=N/O)c2ccccc21. The monoisotopic (exact) mass is 274 g/mol. The third-order valence-corrected chi connectivity index (χ3v) is 4.05. The number of hydrogen-bond acceptors (Lipinski definition) is 3. The van der Waals surface area contributed by atoms with Gasteiger partial charge in [-0.15, -0.1) is 0 Å². The molecule has 1 aliphatic heterocycles. The number of para-hydroxylation sites is 1. The molecule has 1 aliphatic rings. The number of fused-ring (bicyclic) bond motifs is 1. The van der Waals surface area contributed by atoms with Crippen LogP contribution in [0, 0.1) is 0 Å². The number of benzene rings is 1. The largest absolute Gasteiger partial charge is 0.411 e. The molecule has 20 heavy (non-hydrogen) atoms. The summed E-state index contributed by atoms with van der Waals surface area (Å²) >= 11 is 0. The molecule has 2 rings (SSSR count). The molecule has 1 heterocycles. The first-order chi connectivity index (χ1) is 9.86. The molecule has 0 spiro atoms. The zero-order valence-corrected chi connectivity index (χ0v) is 12.5. The van der Waals surface area contributed by atoms with Gasteiger partial charge in [-0.1, -0.05) is 56.0 Å². The molecule has 0 bridgehead atoms. The Morgan fingerprint density at radius 2 is 1.95 bits per heavy atom. The number of unbranched alkanes of at least 4 members (excludes halogenated alkanes) is 4. The van der Waals surface area contributed by atoms with Crippen LogP contribution in [0.3, 0.4) is 0 Å². The minimum absolute atomic E-state index is 0.828. The van der Waals surface area contributed by atoms with Crippen LogP contribution in [-0.2, 0) is 0 Å². The molecule has 0 unspecified atom stereocenters. The smallest absolute Gasteiger partial charge is 0.0889 e. The summed E-state index contributed by atoms with van der Waals surface area (Å²) in [6.07, 6.45) is 8.46. The Morgan fingerprint density at radius 3 is 2.75 bits per heavy atom. The van der Waals surface area contributed by atoms with Gasteiger partial charge < -0.3 is 10.1 Å². The molecule has 3 nitrogen and oxygen atoms in total. The van der Waals surface area contributed by atoms with Crippen molar-refractivity contribution >= 4 is 11.4 Å². The topological polar surface area (TPSA) is 35.8 Å². The second kappa shape index (κ2) is 7.93. The van der Waals surface area contributed by atoms with Gasteiger partial charge in [0.2, 0.25) is 0 Å². The highest BCUT2D eigenvalue weighted by atomic mass is 16.4. The zero-order valence-electron chi connectivity index (χ0n) is 12.5. The Labute approximate surface area is 122 Å². The van der Waals surface area contributed by atoms with E-state index < -0.39 is 0 Å². The first-order valence-corrected chi connectivity index (χ1v) is 7.92. The van der Waals surface area contributed by atoms with E-state index in [2.05, 4.69) is 35.2 Å².